The third kappa shape index (κ3) is 4.46. The van der Waals surface area contributed by atoms with Crippen molar-refractivity contribution in [1.82, 2.24) is 9.97 Å². The van der Waals surface area contributed by atoms with Crippen LogP contribution in [0.3, 0.4) is 0 Å². The van der Waals surface area contributed by atoms with E-state index in [4.69, 9.17) is 16.3 Å². The SMILES string of the molecule is CC(C)Cc1csc(Nc2ncc(Cl)cc2Oc2ccccc2)n1. The van der Waals surface area contributed by atoms with Crippen LogP contribution < -0.4 is 10.1 Å². The van der Waals surface area contributed by atoms with Crippen molar-refractivity contribution in [3.63, 3.8) is 0 Å². The van der Waals surface area contributed by atoms with Gasteiger partial charge in [-0.2, -0.15) is 0 Å². The van der Waals surface area contributed by atoms with Crippen molar-refractivity contribution < 1.29 is 4.74 Å². The van der Waals surface area contributed by atoms with E-state index in [-0.39, 0.29) is 0 Å². The number of nitrogens with zero attached hydrogens (tertiary/aromatic N) is 2. The normalized spacial score (nSPS) is 10.8. The molecule has 1 N–H and O–H groups in total. The summed E-state index contributed by atoms with van der Waals surface area (Å²) < 4.78 is 5.90. The Hall–Kier alpha value is -2.11. The van der Waals surface area contributed by atoms with Crippen LogP contribution in [-0.2, 0) is 6.42 Å². The van der Waals surface area contributed by atoms with E-state index in [0.717, 1.165) is 23.0 Å². The first-order valence-corrected chi connectivity index (χ1v) is 8.96. The lowest BCUT2D eigenvalue weighted by molar-refractivity contribution is 0.483. The van der Waals surface area contributed by atoms with Crippen LogP contribution in [-0.4, -0.2) is 9.97 Å². The van der Waals surface area contributed by atoms with Crippen molar-refractivity contribution >= 4 is 33.9 Å². The van der Waals surface area contributed by atoms with Gasteiger partial charge in [0, 0.05) is 17.6 Å². The fourth-order valence-electron chi connectivity index (χ4n) is 2.19. The Morgan fingerprint density at radius 2 is 2.04 bits per heavy atom. The smallest absolute Gasteiger partial charge is 0.188 e. The van der Waals surface area contributed by atoms with Gasteiger partial charge in [-0.15, -0.1) is 11.3 Å². The molecule has 0 bridgehead atoms. The molecule has 4 nitrogen and oxygen atoms in total. The van der Waals surface area contributed by atoms with E-state index in [1.807, 2.05) is 30.3 Å². The lowest BCUT2D eigenvalue weighted by Gasteiger charge is -2.11. The molecule has 0 saturated heterocycles. The number of para-hydroxylation sites is 1. The summed E-state index contributed by atoms with van der Waals surface area (Å²) in [5, 5.41) is 6.60. The molecule has 1 aromatic carbocycles. The molecule has 0 atom stereocenters. The van der Waals surface area contributed by atoms with E-state index >= 15 is 0 Å². The molecule has 0 radical (unpaired) electrons. The molecule has 124 valence electrons. The first-order chi connectivity index (χ1) is 11.6. The fourth-order valence-corrected chi connectivity index (χ4v) is 3.06. The topological polar surface area (TPSA) is 47.0 Å². The van der Waals surface area contributed by atoms with E-state index < -0.39 is 0 Å². The highest BCUT2D eigenvalue weighted by atomic mass is 35.5. The first kappa shape index (κ1) is 16.7. The zero-order valence-electron chi connectivity index (χ0n) is 13.5. The number of halogens is 1. The number of hydrogen-bond donors (Lipinski definition) is 1. The second-order valence-electron chi connectivity index (χ2n) is 5.78. The molecule has 0 unspecified atom stereocenters. The molecule has 3 aromatic rings. The summed E-state index contributed by atoms with van der Waals surface area (Å²) in [6.07, 6.45) is 2.55. The number of rotatable bonds is 6. The Morgan fingerprint density at radius 1 is 1.25 bits per heavy atom. The largest absolute Gasteiger partial charge is 0.453 e. The van der Waals surface area contributed by atoms with E-state index in [1.54, 1.807) is 23.6 Å². The second kappa shape index (κ2) is 7.64. The van der Waals surface area contributed by atoms with Crippen LogP contribution in [0.1, 0.15) is 19.5 Å². The van der Waals surface area contributed by atoms with Crippen LogP contribution in [0.15, 0.2) is 48.0 Å². The Bertz CT molecular complexity index is 805. The molecule has 2 heterocycles. The number of nitrogens with one attached hydrogen (secondary N) is 1. The van der Waals surface area contributed by atoms with E-state index in [1.165, 1.54) is 0 Å². The Kier molecular flexibility index (Phi) is 5.33. The van der Waals surface area contributed by atoms with Crippen molar-refractivity contribution in [3.8, 4) is 11.5 Å². The van der Waals surface area contributed by atoms with Gasteiger partial charge in [-0.3, -0.25) is 0 Å². The second-order valence-corrected chi connectivity index (χ2v) is 7.08. The lowest BCUT2D eigenvalue weighted by Crippen LogP contribution is -1.98. The Balaban J connectivity index is 1.81. The summed E-state index contributed by atoms with van der Waals surface area (Å²) in [5.41, 5.74) is 1.08. The van der Waals surface area contributed by atoms with Crippen LogP contribution in [0.25, 0.3) is 0 Å². The number of pyridine rings is 1. The molecule has 0 amide bonds. The minimum Gasteiger partial charge on any atom is -0.453 e. The number of ether oxygens (including phenoxy) is 1. The van der Waals surface area contributed by atoms with Crippen LogP contribution in [0.2, 0.25) is 5.02 Å². The average Bonchev–Trinajstić information content (AvgIpc) is 2.97. The van der Waals surface area contributed by atoms with Crippen LogP contribution in [0.4, 0.5) is 10.9 Å². The number of anilines is 2. The predicted molar refractivity (Wildman–Crippen MR) is 99.7 cm³/mol. The highest BCUT2D eigenvalue weighted by Gasteiger charge is 2.11. The zero-order chi connectivity index (χ0) is 16.9. The van der Waals surface area contributed by atoms with Crippen LogP contribution in [0.5, 0.6) is 11.5 Å². The summed E-state index contributed by atoms with van der Waals surface area (Å²) >= 11 is 7.62. The molecule has 0 aliphatic rings. The molecule has 0 saturated carbocycles. The molecule has 2 aromatic heterocycles. The maximum Gasteiger partial charge on any atom is 0.188 e. The van der Waals surface area contributed by atoms with Crippen molar-refractivity contribution in [2.45, 2.75) is 20.3 Å². The monoisotopic (exact) mass is 359 g/mol. The van der Waals surface area contributed by atoms with Gasteiger partial charge in [0.1, 0.15) is 5.75 Å². The van der Waals surface area contributed by atoms with Gasteiger partial charge in [0.15, 0.2) is 16.7 Å². The quantitative estimate of drug-likeness (QED) is 0.592. The van der Waals surface area contributed by atoms with Gasteiger partial charge < -0.3 is 10.1 Å². The van der Waals surface area contributed by atoms with Crippen molar-refractivity contribution in [2.75, 3.05) is 5.32 Å². The third-order valence-electron chi connectivity index (χ3n) is 3.18. The minimum absolute atomic E-state index is 0.520. The first-order valence-electron chi connectivity index (χ1n) is 7.70. The van der Waals surface area contributed by atoms with Gasteiger partial charge in [-0.25, -0.2) is 9.97 Å². The van der Waals surface area contributed by atoms with Crippen LogP contribution >= 0.6 is 22.9 Å². The highest BCUT2D eigenvalue weighted by Crippen LogP contribution is 2.33. The molecule has 0 spiro atoms. The average molecular weight is 360 g/mol. The Morgan fingerprint density at radius 3 is 2.79 bits per heavy atom. The molecule has 0 aliphatic carbocycles. The van der Waals surface area contributed by atoms with E-state index in [2.05, 4.69) is 34.5 Å². The summed E-state index contributed by atoms with van der Waals surface area (Å²) in [6, 6.07) is 11.3. The Labute approximate surface area is 150 Å². The molecule has 6 heteroatoms. The fraction of sp³-hybridized carbons (Fsp3) is 0.222. The molecular formula is C18H18ClN3OS. The summed E-state index contributed by atoms with van der Waals surface area (Å²) in [5.74, 6) is 2.46. The minimum atomic E-state index is 0.520. The van der Waals surface area contributed by atoms with Gasteiger partial charge in [0.25, 0.3) is 0 Å². The molecule has 0 aliphatic heterocycles. The summed E-state index contributed by atoms with van der Waals surface area (Å²) in [6.45, 7) is 4.36. The third-order valence-corrected chi connectivity index (χ3v) is 4.20. The standard InChI is InChI=1S/C18H18ClN3OS/c1-12(2)8-14-11-24-18(21-14)22-17-16(9-13(19)10-20-17)23-15-6-4-3-5-7-15/h3-7,9-12H,8H2,1-2H3,(H,20,21,22). The molecular weight excluding hydrogens is 342 g/mol. The van der Waals surface area contributed by atoms with Gasteiger partial charge in [0.2, 0.25) is 0 Å². The summed E-state index contributed by atoms with van der Waals surface area (Å²) in [4.78, 5) is 8.93. The van der Waals surface area contributed by atoms with Crippen molar-refractivity contribution in [2.24, 2.45) is 5.92 Å². The predicted octanol–water partition coefficient (Wildman–Crippen LogP) is 5.93. The van der Waals surface area contributed by atoms with E-state index in [9.17, 15) is 0 Å². The van der Waals surface area contributed by atoms with Gasteiger partial charge in [-0.1, -0.05) is 43.6 Å². The maximum atomic E-state index is 6.06. The van der Waals surface area contributed by atoms with Gasteiger partial charge >= 0.3 is 0 Å². The number of aromatic nitrogens is 2. The number of hydrogen-bond acceptors (Lipinski definition) is 5. The number of thiazole rings is 1. The van der Waals surface area contributed by atoms with E-state index in [0.29, 0.717) is 22.5 Å². The van der Waals surface area contributed by atoms with Gasteiger partial charge in [-0.05, 0) is 24.5 Å². The van der Waals surface area contributed by atoms with Gasteiger partial charge in [0.05, 0.1) is 10.7 Å². The summed E-state index contributed by atoms with van der Waals surface area (Å²) in [7, 11) is 0. The number of benzene rings is 1. The highest BCUT2D eigenvalue weighted by molar-refractivity contribution is 7.13. The zero-order valence-corrected chi connectivity index (χ0v) is 15.1. The maximum absolute atomic E-state index is 6.06. The molecule has 24 heavy (non-hydrogen) atoms. The lowest BCUT2D eigenvalue weighted by atomic mass is 10.1. The molecule has 0 fully saturated rings. The van der Waals surface area contributed by atoms with Crippen molar-refractivity contribution in [3.05, 3.63) is 58.7 Å². The van der Waals surface area contributed by atoms with Crippen LogP contribution in [0, 0.1) is 5.92 Å². The molecule has 3 rings (SSSR count). The van der Waals surface area contributed by atoms with Crippen molar-refractivity contribution in [1.29, 1.82) is 0 Å².